The van der Waals surface area contributed by atoms with Crippen LogP contribution < -0.4 is 10.2 Å². The maximum Gasteiger partial charge on any atom is 0.251 e. The minimum Gasteiger partial charge on any atom is -0.350 e. The molecule has 2 aromatic carbocycles. The van der Waals surface area contributed by atoms with E-state index >= 15 is 0 Å². The molecule has 0 fully saturated rings. The van der Waals surface area contributed by atoms with E-state index in [-0.39, 0.29) is 11.8 Å². The molecule has 0 spiro atoms. The lowest BCUT2D eigenvalue weighted by Crippen LogP contribution is -2.38. The summed E-state index contributed by atoms with van der Waals surface area (Å²) in [6.07, 6.45) is 0. The zero-order valence-corrected chi connectivity index (χ0v) is 16.4. The molecule has 0 radical (unpaired) electrons. The van der Waals surface area contributed by atoms with Gasteiger partial charge in [-0.2, -0.15) is 0 Å². The van der Waals surface area contributed by atoms with Crippen LogP contribution in [0.1, 0.15) is 48.2 Å². The van der Waals surface area contributed by atoms with E-state index in [0.29, 0.717) is 29.6 Å². The fraction of sp³-hybridized carbons (Fsp3) is 0.333. The predicted molar refractivity (Wildman–Crippen MR) is 107 cm³/mol. The minimum absolute atomic E-state index is 0.0399. The van der Waals surface area contributed by atoms with E-state index in [1.165, 1.54) is 0 Å². The quantitative estimate of drug-likeness (QED) is 0.808. The zero-order valence-electron chi connectivity index (χ0n) is 15.7. The number of nitrogens with zero attached hydrogens (tertiary/aromatic N) is 1. The van der Waals surface area contributed by atoms with Crippen LogP contribution >= 0.6 is 11.6 Å². The van der Waals surface area contributed by atoms with Crippen molar-refractivity contribution in [2.24, 2.45) is 0 Å². The molecule has 0 unspecified atom stereocenters. The highest BCUT2D eigenvalue weighted by Crippen LogP contribution is 2.30. The van der Waals surface area contributed by atoms with E-state index in [1.54, 1.807) is 36.1 Å². The first kappa shape index (κ1) is 20.0. The molecule has 0 bridgehead atoms. The van der Waals surface area contributed by atoms with Crippen LogP contribution in [0.3, 0.4) is 0 Å². The Hall–Kier alpha value is -2.33. The van der Waals surface area contributed by atoms with Crippen molar-refractivity contribution in [3.8, 4) is 0 Å². The summed E-state index contributed by atoms with van der Waals surface area (Å²) in [5, 5.41) is 3.45. The molecule has 0 saturated carbocycles. The molecule has 2 amide bonds. The summed E-state index contributed by atoms with van der Waals surface area (Å²) < 4.78 is 0. The van der Waals surface area contributed by atoms with E-state index in [9.17, 15) is 9.59 Å². The number of benzene rings is 2. The Morgan fingerprint density at radius 2 is 1.77 bits per heavy atom. The molecule has 0 aliphatic carbocycles. The number of hydrogen-bond donors (Lipinski definition) is 1. The number of anilines is 1. The van der Waals surface area contributed by atoms with Crippen LogP contribution in [0.5, 0.6) is 0 Å². The second-order valence-corrected chi connectivity index (χ2v) is 7.04. The molecule has 26 heavy (non-hydrogen) atoms. The number of halogens is 1. The molecule has 0 aliphatic heterocycles. The van der Waals surface area contributed by atoms with Crippen LogP contribution in [0.2, 0.25) is 5.02 Å². The van der Waals surface area contributed by atoms with Gasteiger partial charge in [-0.05, 0) is 48.2 Å². The van der Waals surface area contributed by atoms with Crippen LogP contribution in [0.25, 0.3) is 0 Å². The highest BCUT2D eigenvalue weighted by molar-refractivity contribution is 6.30. The first-order chi connectivity index (χ1) is 12.3. The molecule has 4 nitrogen and oxygen atoms in total. The Morgan fingerprint density at radius 1 is 1.12 bits per heavy atom. The largest absolute Gasteiger partial charge is 0.350 e. The van der Waals surface area contributed by atoms with E-state index in [1.807, 2.05) is 19.1 Å². The van der Waals surface area contributed by atoms with E-state index in [4.69, 9.17) is 11.6 Å². The Morgan fingerprint density at radius 3 is 2.35 bits per heavy atom. The molecule has 0 aromatic heterocycles. The molecule has 2 rings (SSSR count). The van der Waals surface area contributed by atoms with Crippen molar-refractivity contribution in [1.82, 2.24) is 5.32 Å². The van der Waals surface area contributed by atoms with Gasteiger partial charge in [-0.15, -0.1) is 0 Å². The topological polar surface area (TPSA) is 49.4 Å². The fourth-order valence-corrected chi connectivity index (χ4v) is 3.05. The van der Waals surface area contributed by atoms with Gasteiger partial charge in [0, 0.05) is 30.6 Å². The second kappa shape index (κ2) is 8.86. The fourth-order valence-electron chi connectivity index (χ4n) is 2.93. The third kappa shape index (κ3) is 4.85. The van der Waals surface area contributed by atoms with Crippen molar-refractivity contribution < 1.29 is 9.59 Å². The molecule has 138 valence electrons. The molecular formula is C21H25ClN2O2. The lowest BCUT2D eigenvalue weighted by atomic mass is 9.97. The molecule has 0 heterocycles. The molecule has 0 atom stereocenters. The number of carbonyl (C=O) groups excluding carboxylic acids is 2. The van der Waals surface area contributed by atoms with Crippen molar-refractivity contribution in [3.63, 3.8) is 0 Å². The summed E-state index contributed by atoms with van der Waals surface area (Å²) in [6, 6.07) is 12.8. The van der Waals surface area contributed by atoms with Gasteiger partial charge in [-0.1, -0.05) is 43.6 Å². The number of carbonyl (C=O) groups is 2. The number of nitrogens with one attached hydrogen (secondary N) is 1. The van der Waals surface area contributed by atoms with Gasteiger partial charge in [0.2, 0.25) is 5.91 Å². The Kier molecular flexibility index (Phi) is 6.81. The van der Waals surface area contributed by atoms with Crippen molar-refractivity contribution in [1.29, 1.82) is 0 Å². The van der Waals surface area contributed by atoms with Gasteiger partial charge in [0.05, 0.1) is 5.69 Å². The van der Waals surface area contributed by atoms with Crippen molar-refractivity contribution in [3.05, 3.63) is 64.2 Å². The predicted octanol–water partition coefficient (Wildman–Crippen LogP) is 4.55. The second-order valence-electron chi connectivity index (χ2n) is 6.60. The molecule has 0 aliphatic rings. The molecule has 1 N–H and O–H groups in total. The lowest BCUT2D eigenvalue weighted by Gasteiger charge is -2.27. The molecular weight excluding hydrogens is 348 g/mol. The van der Waals surface area contributed by atoms with Gasteiger partial charge in [-0.25, -0.2) is 0 Å². The SMILES string of the molecule is CC(=O)N(CCNC(=O)c1ccc(Cl)cc1)c1c(C)cccc1C(C)C. The lowest BCUT2D eigenvalue weighted by molar-refractivity contribution is -0.116. The monoisotopic (exact) mass is 372 g/mol. The normalized spacial score (nSPS) is 10.7. The van der Waals surface area contributed by atoms with Crippen LogP contribution in [-0.4, -0.2) is 24.9 Å². The van der Waals surface area contributed by atoms with Crippen LogP contribution in [0, 0.1) is 6.92 Å². The van der Waals surface area contributed by atoms with E-state index in [0.717, 1.165) is 16.8 Å². The Labute approximate surface area is 160 Å². The zero-order chi connectivity index (χ0) is 19.3. The van der Waals surface area contributed by atoms with Crippen LogP contribution in [0.15, 0.2) is 42.5 Å². The third-order valence-corrected chi connectivity index (χ3v) is 4.52. The van der Waals surface area contributed by atoms with E-state index in [2.05, 4.69) is 25.2 Å². The maximum absolute atomic E-state index is 12.3. The Bertz CT molecular complexity index is 785. The van der Waals surface area contributed by atoms with Crippen molar-refractivity contribution in [2.45, 2.75) is 33.6 Å². The van der Waals surface area contributed by atoms with Crippen molar-refractivity contribution >= 4 is 29.1 Å². The Balaban J connectivity index is 2.12. The summed E-state index contributed by atoms with van der Waals surface area (Å²) in [4.78, 5) is 26.2. The number of amides is 2. The average Bonchev–Trinajstić information content (AvgIpc) is 2.59. The standard InChI is InChI=1S/C21H25ClN2O2/c1-14(2)19-7-5-6-15(3)20(19)24(16(4)25)13-12-23-21(26)17-8-10-18(22)11-9-17/h5-11,14H,12-13H2,1-4H3,(H,23,26). The summed E-state index contributed by atoms with van der Waals surface area (Å²) in [7, 11) is 0. The minimum atomic E-state index is -0.181. The molecule has 5 heteroatoms. The highest BCUT2D eigenvalue weighted by Gasteiger charge is 2.19. The summed E-state index contributed by atoms with van der Waals surface area (Å²) in [6.45, 7) is 8.56. The third-order valence-electron chi connectivity index (χ3n) is 4.27. The number of rotatable bonds is 6. The molecule has 2 aromatic rings. The van der Waals surface area contributed by atoms with Crippen LogP contribution in [-0.2, 0) is 4.79 Å². The summed E-state index contributed by atoms with van der Waals surface area (Å²) in [5.41, 5.74) is 3.66. The number of para-hydroxylation sites is 1. The first-order valence-corrected chi connectivity index (χ1v) is 9.10. The van der Waals surface area contributed by atoms with Gasteiger partial charge in [0.1, 0.15) is 0 Å². The van der Waals surface area contributed by atoms with Crippen molar-refractivity contribution in [2.75, 3.05) is 18.0 Å². The number of aryl methyl sites for hydroxylation is 1. The van der Waals surface area contributed by atoms with Gasteiger partial charge in [0.15, 0.2) is 0 Å². The van der Waals surface area contributed by atoms with Gasteiger partial charge < -0.3 is 10.2 Å². The first-order valence-electron chi connectivity index (χ1n) is 8.72. The van der Waals surface area contributed by atoms with Gasteiger partial charge >= 0.3 is 0 Å². The summed E-state index contributed by atoms with van der Waals surface area (Å²) in [5.74, 6) is 0.0800. The van der Waals surface area contributed by atoms with Gasteiger partial charge in [0.25, 0.3) is 5.91 Å². The van der Waals surface area contributed by atoms with Gasteiger partial charge in [-0.3, -0.25) is 9.59 Å². The maximum atomic E-state index is 12.3. The number of hydrogen-bond acceptors (Lipinski definition) is 2. The molecule has 0 saturated heterocycles. The van der Waals surface area contributed by atoms with E-state index < -0.39 is 0 Å². The summed E-state index contributed by atoms with van der Waals surface area (Å²) >= 11 is 5.84. The average molecular weight is 373 g/mol. The highest BCUT2D eigenvalue weighted by atomic mass is 35.5. The van der Waals surface area contributed by atoms with Crippen LogP contribution in [0.4, 0.5) is 5.69 Å². The smallest absolute Gasteiger partial charge is 0.251 e.